The Morgan fingerprint density at radius 1 is 1.35 bits per heavy atom. The first-order chi connectivity index (χ1) is 8.25. The normalized spacial score (nSPS) is 25.9. The van der Waals surface area contributed by atoms with Gasteiger partial charge in [-0.15, -0.1) is 0 Å². The second-order valence-corrected chi connectivity index (χ2v) is 5.20. The molecule has 3 heteroatoms. The number of rotatable bonds is 1. The van der Waals surface area contributed by atoms with Gasteiger partial charge in [0.15, 0.2) is 0 Å². The van der Waals surface area contributed by atoms with Crippen LogP contribution in [0.25, 0.3) is 0 Å². The number of aliphatic hydroxyl groups is 1. The SMILES string of the molecule is COc1ccc2c(c1)C(O)CC21CCNCC1. The molecule has 0 amide bonds. The van der Waals surface area contributed by atoms with Gasteiger partial charge in [0, 0.05) is 5.41 Å². The van der Waals surface area contributed by atoms with Crippen LogP contribution in [0.15, 0.2) is 18.2 Å². The van der Waals surface area contributed by atoms with E-state index in [1.54, 1.807) is 7.11 Å². The largest absolute Gasteiger partial charge is 0.497 e. The maximum Gasteiger partial charge on any atom is 0.119 e. The van der Waals surface area contributed by atoms with Crippen LogP contribution in [-0.2, 0) is 5.41 Å². The van der Waals surface area contributed by atoms with Crippen molar-refractivity contribution in [3.8, 4) is 5.75 Å². The summed E-state index contributed by atoms with van der Waals surface area (Å²) in [6, 6.07) is 6.16. The van der Waals surface area contributed by atoms with E-state index < -0.39 is 0 Å². The van der Waals surface area contributed by atoms with Crippen molar-refractivity contribution in [3.63, 3.8) is 0 Å². The summed E-state index contributed by atoms with van der Waals surface area (Å²) in [5.41, 5.74) is 2.62. The van der Waals surface area contributed by atoms with Gasteiger partial charge in [0.05, 0.1) is 13.2 Å². The molecule has 0 radical (unpaired) electrons. The molecule has 1 unspecified atom stereocenters. The van der Waals surface area contributed by atoms with E-state index >= 15 is 0 Å². The highest BCUT2D eigenvalue weighted by atomic mass is 16.5. The van der Waals surface area contributed by atoms with Crippen LogP contribution >= 0.6 is 0 Å². The number of benzene rings is 1. The van der Waals surface area contributed by atoms with Crippen molar-refractivity contribution >= 4 is 0 Å². The van der Waals surface area contributed by atoms with Crippen LogP contribution in [0.2, 0.25) is 0 Å². The summed E-state index contributed by atoms with van der Waals surface area (Å²) in [5.74, 6) is 0.841. The Morgan fingerprint density at radius 3 is 2.82 bits per heavy atom. The van der Waals surface area contributed by atoms with E-state index in [1.807, 2.05) is 12.1 Å². The van der Waals surface area contributed by atoms with Crippen LogP contribution in [-0.4, -0.2) is 25.3 Å². The van der Waals surface area contributed by atoms with Gasteiger partial charge in [-0.2, -0.15) is 0 Å². The Kier molecular flexibility index (Phi) is 2.60. The summed E-state index contributed by atoms with van der Waals surface area (Å²) in [4.78, 5) is 0. The van der Waals surface area contributed by atoms with Gasteiger partial charge in [-0.1, -0.05) is 6.07 Å². The highest BCUT2D eigenvalue weighted by Crippen LogP contribution is 2.50. The Bertz CT molecular complexity index is 424. The molecule has 1 atom stereocenters. The molecular weight excluding hydrogens is 214 g/mol. The summed E-state index contributed by atoms with van der Waals surface area (Å²) < 4.78 is 5.24. The molecule has 92 valence electrons. The molecule has 3 rings (SSSR count). The molecule has 3 nitrogen and oxygen atoms in total. The van der Waals surface area contributed by atoms with Gasteiger partial charge in [0.2, 0.25) is 0 Å². The first-order valence-corrected chi connectivity index (χ1v) is 6.32. The average molecular weight is 233 g/mol. The lowest BCUT2D eigenvalue weighted by atomic mass is 9.74. The number of hydrogen-bond acceptors (Lipinski definition) is 3. The number of aliphatic hydroxyl groups excluding tert-OH is 1. The van der Waals surface area contributed by atoms with Crippen molar-refractivity contribution < 1.29 is 9.84 Å². The number of hydrogen-bond donors (Lipinski definition) is 2. The van der Waals surface area contributed by atoms with Crippen molar-refractivity contribution in [2.24, 2.45) is 0 Å². The summed E-state index contributed by atoms with van der Waals surface area (Å²) in [6.07, 6.45) is 2.81. The Hall–Kier alpha value is -1.06. The van der Waals surface area contributed by atoms with Crippen molar-refractivity contribution in [3.05, 3.63) is 29.3 Å². The molecule has 1 aliphatic heterocycles. The van der Waals surface area contributed by atoms with Gasteiger partial charge >= 0.3 is 0 Å². The van der Waals surface area contributed by atoms with Crippen molar-refractivity contribution in [2.45, 2.75) is 30.8 Å². The zero-order valence-electron chi connectivity index (χ0n) is 10.2. The molecule has 1 saturated heterocycles. The maximum absolute atomic E-state index is 10.2. The second kappa shape index (κ2) is 4.00. The van der Waals surface area contributed by atoms with E-state index in [0.29, 0.717) is 0 Å². The zero-order valence-corrected chi connectivity index (χ0v) is 10.2. The summed E-state index contributed by atoms with van der Waals surface area (Å²) in [5, 5.41) is 13.6. The van der Waals surface area contributed by atoms with Crippen LogP contribution in [0.1, 0.15) is 36.5 Å². The lowest BCUT2D eigenvalue weighted by molar-refractivity contribution is 0.142. The average Bonchev–Trinajstić information content (AvgIpc) is 2.63. The first kappa shape index (κ1) is 11.1. The van der Waals surface area contributed by atoms with E-state index in [-0.39, 0.29) is 11.5 Å². The molecule has 0 saturated carbocycles. The number of methoxy groups -OCH3 is 1. The van der Waals surface area contributed by atoms with Crippen LogP contribution in [0.4, 0.5) is 0 Å². The van der Waals surface area contributed by atoms with E-state index in [2.05, 4.69) is 11.4 Å². The van der Waals surface area contributed by atoms with Crippen molar-refractivity contribution in [1.29, 1.82) is 0 Å². The first-order valence-electron chi connectivity index (χ1n) is 6.32. The molecule has 17 heavy (non-hydrogen) atoms. The van der Waals surface area contributed by atoms with E-state index in [9.17, 15) is 5.11 Å². The van der Waals surface area contributed by atoms with Gasteiger partial charge in [-0.25, -0.2) is 0 Å². The van der Waals surface area contributed by atoms with Gasteiger partial charge in [-0.05, 0) is 55.6 Å². The topological polar surface area (TPSA) is 41.5 Å². The van der Waals surface area contributed by atoms with E-state index in [0.717, 1.165) is 43.7 Å². The predicted octanol–water partition coefficient (Wildman–Crippen LogP) is 1.75. The molecule has 0 bridgehead atoms. The molecular formula is C14H19NO2. The minimum Gasteiger partial charge on any atom is -0.497 e. The molecule has 1 aromatic carbocycles. The monoisotopic (exact) mass is 233 g/mol. The molecule has 1 fully saturated rings. The van der Waals surface area contributed by atoms with Crippen LogP contribution < -0.4 is 10.1 Å². The summed E-state index contributed by atoms with van der Waals surface area (Å²) in [6.45, 7) is 2.11. The predicted molar refractivity (Wildman–Crippen MR) is 66.4 cm³/mol. The number of ether oxygens (including phenoxy) is 1. The smallest absolute Gasteiger partial charge is 0.119 e. The Balaban J connectivity index is 2.04. The molecule has 1 heterocycles. The third-order valence-corrected chi connectivity index (χ3v) is 4.33. The van der Waals surface area contributed by atoms with Crippen molar-refractivity contribution in [2.75, 3.05) is 20.2 Å². The highest BCUT2D eigenvalue weighted by Gasteiger charge is 2.43. The van der Waals surface area contributed by atoms with Crippen LogP contribution in [0.3, 0.4) is 0 Å². The van der Waals surface area contributed by atoms with Gasteiger partial charge < -0.3 is 15.2 Å². The minimum atomic E-state index is -0.321. The molecule has 1 aliphatic carbocycles. The highest BCUT2D eigenvalue weighted by molar-refractivity contribution is 5.46. The fourth-order valence-electron chi connectivity index (χ4n) is 3.40. The summed E-state index contributed by atoms with van der Waals surface area (Å²) >= 11 is 0. The fourth-order valence-corrected chi connectivity index (χ4v) is 3.40. The molecule has 1 spiro atoms. The van der Waals surface area contributed by atoms with Gasteiger partial charge in [0.25, 0.3) is 0 Å². The minimum absolute atomic E-state index is 0.201. The lowest BCUT2D eigenvalue weighted by Crippen LogP contribution is -2.38. The number of fused-ring (bicyclic) bond motifs is 2. The molecule has 0 aromatic heterocycles. The number of nitrogens with one attached hydrogen (secondary N) is 1. The quantitative estimate of drug-likeness (QED) is 0.776. The summed E-state index contributed by atoms with van der Waals surface area (Å²) in [7, 11) is 1.67. The standard InChI is InChI=1S/C14H19NO2/c1-17-10-2-3-12-11(8-10)13(16)9-14(12)4-6-15-7-5-14/h2-3,8,13,15-16H,4-7,9H2,1H3. The number of piperidine rings is 1. The Morgan fingerprint density at radius 2 is 2.12 bits per heavy atom. The van der Waals surface area contributed by atoms with Gasteiger partial charge in [0.1, 0.15) is 5.75 Å². The third-order valence-electron chi connectivity index (χ3n) is 4.33. The maximum atomic E-state index is 10.2. The molecule has 2 N–H and O–H groups in total. The van der Waals surface area contributed by atoms with E-state index in [4.69, 9.17) is 4.74 Å². The van der Waals surface area contributed by atoms with Crippen molar-refractivity contribution in [1.82, 2.24) is 5.32 Å². The molecule has 2 aliphatic rings. The Labute approximate surface area is 102 Å². The molecule has 1 aromatic rings. The third kappa shape index (κ3) is 1.65. The second-order valence-electron chi connectivity index (χ2n) is 5.20. The zero-order chi connectivity index (χ0) is 11.9. The lowest BCUT2D eigenvalue weighted by Gasteiger charge is -2.35. The van der Waals surface area contributed by atoms with Gasteiger partial charge in [-0.3, -0.25) is 0 Å². The van der Waals surface area contributed by atoms with E-state index in [1.165, 1.54) is 5.56 Å². The van der Waals surface area contributed by atoms with Crippen LogP contribution in [0, 0.1) is 0 Å². The van der Waals surface area contributed by atoms with Crippen LogP contribution in [0.5, 0.6) is 5.75 Å². The fraction of sp³-hybridized carbons (Fsp3) is 0.571.